The molecule has 1 aliphatic carbocycles. The number of fused-ring (bicyclic) bond motifs is 1. The Balaban J connectivity index is 1.39. The Bertz CT molecular complexity index is 853. The minimum Gasteiger partial charge on any atom is -0.488 e. The molecule has 1 aromatic carbocycles. The van der Waals surface area contributed by atoms with E-state index < -0.39 is 0 Å². The first-order valence-electron chi connectivity index (χ1n) is 8.86. The third kappa shape index (κ3) is 2.62. The number of likely N-dealkylation sites (tertiary alicyclic amines) is 1. The van der Waals surface area contributed by atoms with Crippen LogP contribution in [0.3, 0.4) is 0 Å². The minimum absolute atomic E-state index is 0.00905. The first-order chi connectivity index (χ1) is 12.3. The van der Waals surface area contributed by atoms with E-state index >= 15 is 0 Å². The van der Waals surface area contributed by atoms with Gasteiger partial charge < -0.3 is 14.2 Å². The molecule has 0 N–H and O–H groups in total. The van der Waals surface area contributed by atoms with Gasteiger partial charge in [0.15, 0.2) is 5.82 Å². The molecule has 6 heteroatoms. The number of hydrogen-bond donors (Lipinski definition) is 0. The van der Waals surface area contributed by atoms with Crippen LogP contribution in [0.4, 0.5) is 0 Å². The lowest BCUT2D eigenvalue weighted by molar-refractivity contribution is -0.128. The minimum atomic E-state index is -0.0955. The smallest absolute Gasteiger partial charge is 0.253 e. The van der Waals surface area contributed by atoms with Crippen LogP contribution >= 0.6 is 0 Å². The highest BCUT2D eigenvalue weighted by molar-refractivity contribution is 5.99. The average molecular weight is 337 g/mol. The van der Waals surface area contributed by atoms with E-state index in [2.05, 4.69) is 10.1 Å². The molecule has 6 nitrogen and oxygen atoms in total. The number of amides is 1. The van der Waals surface area contributed by atoms with Crippen molar-refractivity contribution in [2.24, 2.45) is 0 Å². The number of para-hydroxylation sites is 1. The van der Waals surface area contributed by atoms with Gasteiger partial charge in [0.05, 0.1) is 11.6 Å². The normalized spacial score (nSPS) is 22.3. The van der Waals surface area contributed by atoms with Gasteiger partial charge in [0.1, 0.15) is 12.4 Å². The Hall–Kier alpha value is -2.63. The summed E-state index contributed by atoms with van der Waals surface area (Å²) in [6, 6.07) is 7.67. The Morgan fingerprint density at radius 1 is 1.20 bits per heavy atom. The molecule has 0 unspecified atom stereocenters. The fourth-order valence-electron chi connectivity index (χ4n) is 3.58. The largest absolute Gasteiger partial charge is 0.488 e. The lowest BCUT2D eigenvalue weighted by Crippen LogP contribution is -2.34. The van der Waals surface area contributed by atoms with Crippen molar-refractivity contribution in [3.63, 3.8) is 0 Å². The number of ether oxygens (including phenoxy) is 1. The fourth-order valence-corrected chi connectivity index (χ4v) is 3.58. The van der Waals surface area contributed by atoms with Crippen molar-refractivity contribution in [2.75, 3.05) is 13.2 Å². The molecule has 2 aliphatic heterocycles. The van der Waals surface area contributed by atoms with E-state index in [1.54, 1.807) is 0 Å². The van der Waals surface area contributed by atoms with E-state index in [0.29, 0.717) is 23.9 Å². The van der Waals surface area contributed by atoms with E-state index in [-0.39, 0.29) is 11.9 Å². The Morgan fingerprint density at radius 3 is 2.96 bits per heavy atom. The zero-order valence-electron chi connectivity index (χ0n) is 13.9. The molecular weight excluding hydrogens is 318 g/mol. The maximum Gasteiger partial charge on any atom is 0.253 e. The first kappa shape index (κ1) is 14.7. The van der Waals surface area contributed by atoms with E-state index in [0.717, 1.165) is 49.4 Å². The second-order valence-electron chi connectivity index (χ2n) is 6.92. The van der Waals surface area contributed by atoms with Gasteiger partial charge in [0.25, 0.3) is 5.91 Å². The van der Waals surface area contributed by atoms with E-state index in [1.165, 1.54) is 0 Å². The first-order valence-corrected chi connectivity index (χ1v) is 8.86. The molecule has 3 aliphatic rings. The summed E-state index contributed by atoms with van der Waals surface area (Å²) in [7, 11) is 0. The molecule has 1 amide bonds. The molecule has 0 spiro atoms. The molecular formula is C19H19N3O3. The van der Waals surface area contributed by atoms with Gasteiger partial charge in [0.2, 0.25) is 5.89 Å². The predicted molar refractivity (Wildman–Crippen MR) is 89.9 cm³/mol. The van der Waals surface area contributed by atoms with Crippen molar-refractivity contribution in [3.05, 3.63) is 47.1 Å². The molecule has 1 saturated heterocycles. The van der Waals surface area contributed by atoms with Gasteiger partial charge in [-0.3, -0.25) is 4.79 Å². The average Bonchev–Trinajstić information content (AvgIpc) is 3.19. The number of nitrogens with zero attached hydrogens (tertiary/aromatic N) is 3. The van der Waals surface area contributed by atoms with Crippen LogP contribution in [0.1, 0.15) is 54.9 Å². The van der Waals surface area contributed by atoms with Crippen LogP contribution in [0.5, 0.6) is 5.75 Å². The van der Waals surface area contributed by atoms with Gasteiger partial charge in [-0.1, -0.05) is 23.4 Å². The lowest BCUT2D eigenvalue weighted by Gasteiger charge is -2.25. The SMILES string of the molecule is O=C(C1=Cc2ccccc2OC1)N1CCC[C@@H]1c1noc(C2CC2)n1. The Kier molecular flexibility index (Phi) is 3.36. The molecule has 5 rings (SSSR count). The van der Waals surface area contributed by atoms with Gasteiger partial charge >= 0.3 is 0 Å². The van der Waals surface area contributed by atoms with Gasteiger partial charge in [-0.25, -0.2) is 0 Å². The summed E-state index contributed by atoms with van der Waals surface area (Å²) in [6.45, 7) is 1.02. The molecule has 128 valence electrons. The zero-order chi connectivity index (χ0) is 16.8. The van der Waals surface area contributed by atoms with Crippen LogP contribution < -0.4 is 4.74 Å². The van der Waals surface area contributed by atoms with Gasteiger partial charge in [-0.05, 0) is 37.8 Å². The second-order valence-corrected chi connectivity index (χ2v) is 6.92. The third-order valence-corrected chi connectivity index (χ3v) is 5.10. The molecule has 2 aromatic rings. The van der Waals surface area contributed by atoms with Crippen molar-refractivity contribution >= 4 is 12.0 Å². The monoisotopic (exact) mass is 337 g/mol. The summed E-state index contributed by atoms with van der Waals surface area (Å²) in [6.07, 6.45) is 6.01. The standard InChI is InChI=1S/C19H19N3O3/c23-19(14-10-13-4-1-2-6-16(13)24-11-14)22-9-3-5-15(22)17-20-18(25-21-17)12-7-8-12/h1-2,4,6,10,12,15H,3,5,7-9,11H2/t15-/m1/s1. The Morgan fingerprint density at radius 2 is 2.08 bits per heavy atom. The van der Waals surface area contributed by atoms with Gasteiger partial charge in [-0.15, -0.1) is 0 Å². The molecule has 0 bridgehead atoms. The summed E-state index contributed by atoms with van der Waals surface area (Å²) >= 11 is 0. The van der Waals surface area contributed by atoms with E-state index in [4.69, 9.17) is 9.26 Å². The quantitative estimate of drug-likeness (QED) is 0.861. The zero-order valence-corrected chi connectivity index (χ0v) is 13.9. The molecule has 1 saturated carbocycles. The fraction of sp³-hybridized carbons (Fsp3) is 0.421. The van der Waals surface area contributed by atoms with Crippen LogP contribution in [-0.4, -0.2) is 34.1 Å². The van der Waals surface area contributed by atoms with E-state index in [1.807, 2.05) is 35.2 Å². The van der Waals surface area contributed by atoms with Crippen molar-refractivity contribution in [3.8, 4) is 5.75 Å². The lowest BCUT2D eigenvalue weighted by atomic mass is 10.1. The number of hydrogen-bond acceptors (Lipinski definition) is 5. The molecule has 2 fully saturated rings. The van der Waals surface area contributed by atoms with Crippen LogP contribution in [0, 0.1) is 0 Å². The molecule has 25 heavy (non-hydrogen) atoms. The number of rotatable bonds is 3. The van der Waals surface area contributed by atoms with Crippen molar-refractivity contribution in [1.29, 1.82) is 0 Å². The predicted octanol–water partition coefficient (Wildman–Crippen LogP) is 3.09. The number of carbonyl (C=O) groups is 1. The second kappa shape index (κ2) is 5.72. The molecule has 0 radical (unpaired) electrons. The van der Waals surface area contributed by atoms with Crippen molar-refractivity contribution in [1.82, 2.24) is 15.0 Å². The van der Waals surface area contributed by atoms with Crippen LogP contribution in [0.15, 0.2) is 34.4 Å². The highest BCUT2D eigenvalue weighted by atomic mass is 16.5. The number of aromatic nitrogens is 2. The highest BCUT2D eigenvalue weighted by Gasteiger charge is 2.37. The molecule has 1 atom stereocenters. The summed E-state index contributed by atoms with van der Waals surface area (Å²) in [5.41, 5.74) is 1.62. The number of benzene rings is 1. The topological polar surface area (TPSA) is 68.5 Å². The van der Waals surface area contributed by atoms with Crippen molar-refractivity contribution < 1.29 is 14.1 Å². The van der Waals surface area contributed by atoms with Crippen LogP contribution in [0.2, 0.25) is 0 Å². The van der Waals surface area contributed by atoms with Crippen LogP contribution in [0.25, 0.3) is 6.08 Å². The third-order valence-electron chi connectivity index (χ3n) is 5.10. The maximum absolute atomic E-state index is 13.0. The summed E-state index contributed by atoms with van der Waals surface area (Å²) < 4.78 is 11.1. The molecule has 3 heterocycles. The summed E-state index contributed by atoms with van der Waals surface area (Å²) in [5.74, 6) is 2.63. The maximum atomic E-state index is 13.0. The molecule has 1 aromatic heterocycles. The van der Waals surface area contributed by atoms with Crippen molar-refractivity contribution in [2.45, 2.75) is 37.6 Å². The summed E-state index contributed by atoms with van der Waals surface area (Å²) in [5, 5.41) is 4.14. The Labute approximate surface area is 145 Å². The van der Waals surface area contributed by atoms with Gasteiger partial charge in [0, 0.05) is 18.0 Å². The highest BCUT2D eigenvalue weighted by Crippen LogP contribution is 2.40. The van der Waals surface area contributed by atoms with E-state index in [9.17, 15) is 4.79 Å². The van der Waals surface area contributed by atoms with Gasteiger partial charge in [-0.2, -0.15) is 4.98 Å². The number of carbonyl (C=O) groups excluding carboxylic acids is 1. The summed E-state index contributed by atoms with van der Waals surface area (Å²) in [4.78, 5) is 19.4. The van der Waals surface area contributed by atoms with Crippen LogP contribution in [-0.2, 0) is 4.79 Å².